The van der Waals surface area contributed by atoms with E-state index < -0.39 is 5.97 Å². The molecule has 0 fully saturated rings. The molecule has 0 aliphatic heterocycles. The summed E-state index contributed by atoms with van der Waals surface area (Å²) in [4.78, 5) is 35.2. The molecule has 3 N–H and O–H groups in total. The maximum absolute atomic E-state index is 12.0. The van der Waals surface area contributed by atoms with E-state index in [-0.39, 0.29) is 31.9 Å². The van der Waals surface area contributed by atoms with Crippen molar-refractivity contribution in [2.75, 3.05) is 12.3 Å². The number of esters is 1. The first-order valence-electron chi connectivity index (χ1n) is 10.6. The van der Waals surface area contributed by atoms with Crippen molar-refractivity contribution >= 4 is 39.2 Å². The van der Waals surface area contributed by atoms with Crippen LogP contribution in [0, 0.1) is 0 Å². The molecule has 3 aromatic rings. The Morgan fingerprint density at radius 2 is 1.90 bits per heavy atom. The van der Waals surface area contributed by atoms with Gasteiger partial charge >= 0.3 is 5.97 Å². The molecule has 1 aliphatic carbocycles. The Morgan fingerprint density at radius 3 is 2.74 bits per heavy atom. The number of ether oxygens (including phenoxy) is 1. The molecule has 2 aromatic heterocycles. The summed E-state index contributed by atoms with van der Waals surface area (Å²) in [6.45, 7) is 0.198. The van der Waals surface area contributed by atoms with Gasteiger partial charge in [-0.25, -0.2) is 9.97 Å². The van der Waals surface area contributed by atoms with Crippen molar-refractivity contribution in [1.82, 2.24) is 15.3 Å². The maximum Gasteiger partial charge on any atom is 0.308 e. The van der Waals surface area contributed by atoms with Gasteiger partial charge in [0, 0.05) is 11.4 Å². The number of carbonyl (C=O) groups is 2. The second-order valence-electron chi connectivity index (χ2n) is 7.69. The Labute approximate surface area is 185 Å². The van der Waals surface area contributed by atoms with Gasteiger partial charge in [-0.1, -0.05) is 36.8 Å². The van der Waals surface area contributed by atoms with Gasteiger partial charge in [-0.2, -0.15) is 0 Å². The SMILES string of the molecule is Nc1nc(COC(=O)CCNC(=O)Cc2ccccc2)nc2sc3c(c12)CCCCC3. The minimum absolute atomic E-state index is 0.0283. The molecule has 1 amide bonds. The smallest absolute Gasteiger partial charge is 0.308 e. The molecule has 0 saturated carbocycles. The standard InChI is InChI=1S/C23H26N4O3S/c24-22-21-16-9-5-2-6-10-17(16)31-23(21)27-18(26-22)14-30-20(29)11-12-25-19(28)13-15-7-3-1-4-8-15/h1,3-4,7-8H,2,5-6,9-14H2,(H,25,28)(H2,24,26,27). The summed E-state index contributed by atoms with van der Waals surface area (Å²) < 4.78 is 5.29. The second-order valence-corrected chi connectivity index (χ2v) is 8.78. The first-order valence-corrected chi connectivity index (χ1v) is 11.4. The van der Waals surface area contributed by atoms with Crippen LogP contribution in [0.3, 0.4) is 0 Å². The van der Waals surface area contributed by atoms with E-state index in [1.54, 1.807) is 11.3 Å². The first-order chi connectivity index (χ1) is 15.1. The Balaban J connectivity index is 1.28. The minimum Gasteiger partial charge on any atom is -0.457 e. The molecule has 1 aromatic carbocycles. The molecule has 0 radical (unpaired) electrons. The van der Waals surface area contributed by atoms with Gasteiger partial charge in [0.1, 0.15) is 10.6 Å². The van der Waals surface area contributed by atoms with Crippen LogP contribution in [0.4, 0.5) is 5.82 Å². The Kier molecular flexibility index (Phi) is 6.76. The number of carbonyl (C=O) groups excluding carboxylic acids is 2. The normalized spacial score (nSPS) is 13.4. The van der Waals surface area contributed by atoms with Gasteiger partial charge in [-0.3, -0.25) is 9.59 Å². The van der Waals surface area contributed by atoms with Crippen LogP contribution in [0.5, 0.6) is 0 Å². The number of nitrogen functional groups attached to an aromatic ring is 1. The number of thiophene rings is 1. The molecule has 0 saturated heterocycles. The molecule has 0 bridgehead atoms. The van der Waals surface area contributed by atoms with Gasteiger partial charge in [0.15, 0.2) is 12.4 Å². The number of fused-ring (bicyclic) bond motifs is 3. The van der Waals surface area contributed by atoms with E-state index in [9.17, 15) is 9.59 Å². The summed E-state index contributed by atoms with van der Waals surface area (Å²) in [5.41, 5.74) is 8.45. The van der Waals surface area contributed by atoms with E-state index in [0.717, 1.165) is 28.6 Å². The molecule has 31 heavy (non-hydrogen) atoms. The molecule has 4 rings (SSSR count). The number of benzene rings is 1. The van der Waals surface area contributed by atoms with Gasteiger partial charge < -0.3 is 15.8 Å². The predicted molar refractivity (Wildman–Crippen MR) is 121 cm³/mol. The molecule has 7 nitrogen and oxygen atoms in total. The molecular weight excluding hydrogens is 412 g/mol. The minimum atomic E-state index is -0.413. The van der Waals surface area contributed by atoms with Crippen molar-refractivity contribution in [3.8, 4) is 0 Å². The fourth-order valence-electron chi connectivity index (χ4n) is 3.84. The van der Waals surface area contributed by atoms with Crippen LogP contribution >= 0.6 is 11.3 Å². The highest BCUT2D eigenvalue weighted by Gasteiger charge is 2.19. The topological polar surface area (TPSA) is 107 Å². The average Bonchev–Trinajstić information content (AvgIpc) is 2.95. The average molecular weight is 439 g/mol. The highest BCUT2D eigenvalue weighted by Crippen LogP contribution is 2.37. The third kappa shape index (κ3) is 5.38. The first kappa shape index (κ1) is 21.2. The lowest BCUT2D eigenvalue weighted by atomic mass is 10.1. The van der Waals surface area contributed by atoms with Gasteiger partial charge in [0.25, 0.3) is 0 Å². The Bertz CT molecular complexity index is 1080. The van der Waals surface area contributed by atoms with Crippen molar-refractivity contribution in [3.63, 3.8) is 0 Å². The lowest BCUT2D eigenvalue weighted by Crippen LogP contribution is -2.28. The summed E-state index contributed by atoms with van der Waals surface area (Å²) in [6, 6.07) is 9.46. The maximum atomic E-state index is 12.0. The predicted octanol–water partition coefficient (Wildman–Crippen LogP) is 3.33. The van der Waals surface area contributed by atoms with Crippen LogP contribution in [0.1, 0.15) is 47.5 Å². The molecule has 0 spiro atoms. The summed E-state index contributed by atoms with van der Waals surface area (Å²) >= 11 is 1.67. The highest BCUT2D eigenvalue weighted by atomic mass is 32.1. The summed E-state index contributed by atoms with van der Waals surface area (Å²) in [5.74, 6) is 0.328. The van der Waals surface area contributed by atoms with Gasteiger partial charge in [0.05, 0.1) is 18.2 Å². The van der Waals surface area contributed by atoms with Gasteiger partial charge in [0.2, 0.25) is 5.91 Å². The lowest BCUT2D eigenvalue weighted by molar-refractivity contribution is -0.145. The molecule has 0 unspecified atom stereocenters. The number of nitrogens with one attached hydrogen (secondary N) is 1. The molecular formula is C23H26N4O3S. The zero-order valence-corrected chi connectivity index (χ0v) is 18.2. The molecule has 162 valence electrons. The van der Waals surface area contributed by atoms with E-state index in [1.807, 2.05) is 30.3 Å². The number of rotatable bonds is 7. The Morgan fingerprint density at radius 1 is 1.10 bits per heavy atom. The zero-order chi connectivity index (χ0) is 21.6. The van der Waals surface area contributed by atoms with E-state index in [0.29, 0.717) is 11.6 Å². The lowest BCUT2D eigenvalue weighted by Gasteiger charge is -2.07. The Hall–Kier alpha value is -3.00. The fourth-order valence-corrected chi connectivity index (χ4v) is 5.13. The van der Waals surface area contributed by atoms with Crippen molar-refractivity contribution in [3.05, 3.63) is 52.2 Å². The van der Waals surface area contributed by atoms with Gasteiger partial charge in [-0.15, -0.1) is 11.3 Å². The van der Waals surface area contributed by atoms with Crippen LogP contribution in [0.25, 0.3) is 10.2 Å². The number of nitrogens with zero attached hydrogens (tertiary/aromatic N) is 2. The summed E-state index contributed by atoms with van der Waals surface area (Å²) in [7, 11) is 0. The molecule has 8 heteroatoms. The molecule has 1 aliphatic rings. The van der Waals surface area contributed by atoms with E-state index in [4.69, 9.17) is 10.5 Å². The van der Waals surface area contributed by atoms with Crippen LogP contribution in [-0.4, -0.2) is 28.4 Å². The molecule has 2 heterocycles. The van der Waals surface area contributed by atoms with E-state index in [1.165, 1.54) is 29.7 Å². The number of hydrogen-bond donors (Lipinski definition) is 2. The van der Waals surface area contributed by atoms with Crippen LogP contribution in [0.15, 0.2) is 30.3 Å². The largest absolute Gasteiger partial charge is 0.457 e. The van der Waals surface area contributed by atoms with E-state index >= 15 is 0 Å². The van der Waals surface area contributed by atoms with Crippen LogP contribution in [0.2, 0.25) is 0 Å². The van der Waals surface area contributed by atoms with Crippen LogP contribution < -0.4 is 11.1 Å². The van der Waals surface area contributed by atoms with Crippen molar-refractivity contribution < 1.29 is 14.3 Å². The number of hydrogen-bond acceptors (Lipinski definition) is 7. The van der Waals surface area contributed by atoms with Crippen molar-refractivity contribution in [1.29, 1.82) is 0 Å². The van der Waals surface area contributed by atoms with Gasteiger partial charge in [-0.05, 0) is 36.8 Å². The summed E-state index contributed by atoms with van der Waals surface area (Å²) in [5, 5.41) is 3.71. The third-order valence-electron chi connectivity index (χ3n) is 5.36. The van der Waals surface area contributed by atoms with Crippen LogP contribution in [-0.2, 0) is 40.2 Å². The second kappa shape index (κ2) is 9.87. The molecule has 0 atom stereocenters. The number of anilines is 1. The van der Waals surface area contributed by atoms with Crippen molar-refractivity contribution in [2.24, 2.45) is 0 Å². The van der Waals surface area contributed by atoms with E-state index in [2.05, 4.69) is 15.3 Å². The zero-order valence-electron chi connectivity index (χ0n) is 17.4. The fraction of sp³-hybridized carbons (Fsp3) is 0.391. The monoisotopic (exact) mass is 438 g/mol. The number of aromatic nitrogens is 2. The number of nitrogens with two attached hydrogens (primary N) is 1. The highest BCUT2D eigenvalue weighted by molar-refractivity contribution is 7.19. The third-order valence-corrected chi connectivity index (χ3v) is 6.55. The number of amides is 1. The van der Waals surface area contributed by atoms with Crippen molar-refractivity contribution in [2.45, 2.75) is 51.6 Å². The number of aryl methyl sites for hydroxylation is 2. The summed E-state index contributed by atoms with van der Waals surface area (Å²) in [6.07, 6.45) is 6.06. The quantitative estimate of drug-likeness (QED) is 0.433.